The normalized spacial score (nSPS) is 14.8. The smallest absolute Gasteiger partial charge is 0.410 e. The van der Waals surface area contributed by atoms with E-state index in [0.29, 0.717) is 6.54 Å². The van der Waals surface area contributed by atoms with E-state index in [0.717, 1.165) is 18.7 Å². The lowest BCUT2D eigenvalue weighted by Gasteiger charge is -2.31. The monoisotopic (exact) mass is 262 g/mol. The number of hydrogen-bond donors (Lipinski definition) is 1. The van der Waals surface area contributed by atoms with Crippen molar-refractivity contribution in [1.82, 2.24) is 4.90 Å². The van der Waals surface area contributed by atoms with Gasteiger partial charge in [-0.25, -0.2) is 4.79 Å². The molecule has 4 nitrogen and oxygen atoms in total. The zero-order valence-corrected chi connectivity index (χ0v) is 12.1. The van der Waals surface area contributed by atoms with Gasteiger partial charge < -0.3 is 15.0 Å². The largest absolute Gasteiger partial charge is 0.444 e. The third-order valence-corrected chi connectivity index (χ3v) is 3.16. The van der Waals surface area contributed by atoms with Crippen LogP contribution in [0.5, 0.6) is 0 Å². The quantitative estimate of drug-likeness (QED) is 0.846. The molecule has 104 valence electrons. The van der Waals surface area contributed by atoms with Gasteiger partial charge in [0.1, 0.15) is 5.60 Å². The molecule has 0 bridgehead atoms. The second-order valence-corrected chi connectivity index (χ2v) is 5.89. The van der Waals surface area contributed by atoms with Crippen LogP contribution >= 0.6 is 0 Å². The predicted molar refractivity (Wildman–Crippen MR) is 76.3 cm³/mol. The van der Waals surface area contributed by atoms with Gasteiger partial charge in [0.2, 0.25) is 0 Å². The summed E-state index contributed by atoms with van der Waals surface area (Å²) in [6.45, 7) is 7.02. The van der Waals surface area contributed by atoms with Gasteiger partial charge in [0.25, 0.3) is 0 Å². The molecule has 0 aliphatic carbocycles. The number of hydrogen-bond acceptors (Lipinski definition) is 3. The summed E-state index contributed by atoms with van der Waals surface area (Å²) < 4.78 is 5.42. The number of nitrogens with zero attached hydrogens (tertiary/aromatic N) is 1. The summed E-state index contributed by atoms with van der Waals surface area (Å²) in [5, 5.41) is 3.12. The Hall–Kier alpha value is -1.71. The molecule has 1 aliphatic rings. The van der Waals surface area contributed by atoms with Crippen LogP contribution in [-0.2, 0) is 17.7 Å². The van der Waals surface area contributed by atoms with Crippen LogP contribution in [0.2, 0.25) is 0 Å². The number of ether oxygens (including phenoxy) is 1. The van der Waals surface area contributed by atoms with Crippen molar-refractivity contribution in [3.05, 3.63) is 29.3 Å². The fourth-order valence-electron chi connectivity index (χ4n) is 2.19. The van der Waals surface area contributed by atoms with Crippen LogP contribution in [0.4, 0.5) is 10.5 Å². The van der Waals surface area contributed by atoms with E-state index in [1.165, 1.54) is 11.1 Å². The minimum Gasteiger partial charge on any atom is -0.444 e. The molecule has 0 aromatic heterocycles. The number of rotatable bonds is 1. The van der Waals surface area contributed by atoms with Gasteiger partial charge in [-0.2, -0.15) is 0 Å². The van der Waals surface area contributed by atoms with Crippen LogP contribution in [0.3, 0.4) is 0 Å². The van der Waals surface area contributed by atoms with Gasteiger partial charge in [0.15, 0.2) is 0 Å². The first-order chi connectivity index (χ1) is 8.89. The Morgan fingerprint density at radius 1 is 1.32 bits per heavy atom. The lowest BCUT2D eigenvalue weighted by Crippen LogP contribution is -2.39. The van der Waals surface area contributed by atoms with Crippen molar-refractivity contribution in [2.45, 2.75) is 39.3 Å². The average Bonchev–Trinajstić information content (AvgIpc) is 2.35. The Labute approximate surface area is 114 Å². The molecule has 2 rings (SSSR count). The summed E-state index contributed by atoms with van der Waals surface area (Å²) in [6.07, 6.45) is 0.659. The molecule has 1 aliphatic heterocycles. The Balaban J connectivity index is 2.10. The van der Waals surface area contributed by atoms with Gasteiger partial charge in [0.05, 0.1) is 0 Å². The third kappa shape index (κ3) is 3.40. The van der Waals surface area contributed by atoms with Crippen molar-refractivity contribution in [2.75, 3.05) is 18.9 Å². The van der Waals surface area contributed by atoms with Crippen molar-refractivity contribution in [3.8, 4) is 0 Å². The van der Waals surface area contributed by atoms with E-state index in [-0.39, 0.29) is 6.09 Å². The van der Waals surface area contributed by atoms with Crippen LogP contribution in [-0.4, -0.2) is 30.2 Å². The lowest BCUT2D eigenvalue weighted by atomic mass is 9.99. The molecule has 0 saturated heterocycles. The molecule has 0 atom stereocenters. The highest BCUT2D eigenvalue weighted by molar-refractivity contribution is 5.69. The van der Waals surface area contributed by atoms with Gasteiger partial charge in [-0.1, -0.05) is 6.07 Å². The number of carbonyl (C=O) groups excluding carboxylic acids is 1. The topological polar surface area (TPSA) is 41.6 Å². The maximum Gasteiger partial charge on any atom is 0.410 e. The van der Waals surface area contributed by atoms with Gasteiger partial charge in [-0.15, -0.1) is 0 Å². The molecule has 19 heavy (non-hydrogen) atoms. The summed E-state index contributed by atoms with van der Waals surface area (Å²) >= 11 is 0. The van der Waals surface area contributed by atoms with Crippen molar-refractivity contribution in [1.29, 1.82) is 0 Å². The maximum atomic E-state index is 12.1. The Kier molecular flexibility index (Phi) is 3.69. The SMILES string of the molecule is CNc1ccc2c(c1)CN(C(=O)OC(C)(C)C)CC2. The molecule has 0 unspecified atom stereocenters. The molecule has 0 saturated carbocycles. The summed E-state index contributed by atoms with van der Waals surface area (Å²) in [5.74, 6) is 0. The van der Waals surface area contributed by atoms with E-state index in [9.17, 15) is 4.79 Å². The minimum atomic E-state index is -0.440. The lowest BCUT2D eigenvalue weighted by molar-refractivity contribution is 0.0224. The number of amides is 1. The first-order valence-electron chi connectivity index (χ1n) is 6.66. The number of benzene rings is 1. The molecular weight excluding hydrogens is 240 g/mol. The summed E-state index contributed by atoms with van der Waals surface area (Å²) in [7, 11) is 1.90. The van der Waals surface area contributed by atoms with Crippen molar-refractivity contribution >= 4 is 11.8 Å². The van der Waals surface area contributed by atoms with Gasteiger partial charge in [0, 0.05) is 25.8 Å². The molecule has 0 spiro atoms. The van der Waals surface area contributed by atoms with E-state index >= 15 is 0 Å². The molecular formula is C15H22N2O2. The molecule has 4 heteroatoms. The number of nitrogens with one attached hydrogen (secondary N) is 1. The highest BCUT2D eigenvalue weighted by atomic mass is 16.6. The summed E-state index contributed by atoms with van der Waals surface area (Å²) in [4.78, 5) is 13.8. The van der Waals surface area contributed by atoms with Gasteiger partial charge in [-0.05, 0) is 50.5 Å². The Bertz CT molecular complexity index is 478. The van der Waals surface area contributed by atoms with Crippen LogP contribution in [0.1, 0.15) is 31.9 Å². The molecule has 1 aromatic carbocycles. The van der Waals surface area contributed by atoms with Gasteiger partial charge >= 0.3 is 6.09 Å². The van der Waals surface area contributed by atoms with E-state index in [4.69, 9.17) is 4.74 Å². The van der Waals surface area contributed by atoms with E-state index in [2.05, 4.69) is 23.5 Å². The molecule has 1 heterocycles. The maximum absolute atomic E-state index is 12.1. The molecule has 1 amide bonds. The van der Waals surface area contributed by atoms with Crippen molar-refractivity contribution < 1.29 is 9.53 Å². The van der Waals surface area contributed by atoms with E-state index in [1.807, 2.05) is 27.8 Å². The van der Waals surface area contributed by atoms with Crippen LogP contribution in [0, 0.1) is 0 Å². The van der Waals surface area contributed by atoms with Gasteiger partial charge in [-0.3, -0.25) is 0 Å². The van der Waals surface area contributed by atoms with Crippen molar-refractivity contribution in [3.63, 3.8) is 0 Å². The highest BCUT2D eigenvalue weighted by Crippen LogP contribution is 2.23. The third-order valence-electron chi connectivity index (χ3n) is 3.16. The highest BCUT2D eigenvalue weighted by Gasteiger charge is 2.25. The fraction of sp³-hybridized carbons (Fsp3) is 0.533. The predicted octanol–water partition coefficient (Wildman–Crippen LogP) is 3.02. The zero-order chi connectivity index (χ0) is 14.0. The Morgan fingerprint density at radius 3 is 2.68 bits per heavy atom. The Morgan fingerprint density at radius 2 is 2.05 bits per heavy atom. The molecule has 0 radical (unpaired) electrons. The zero-order valence-electron chi connectivity index (χ0n) is 12.1. The average molecular weight is 262 g/mol. The second kappa shape index (κ2) is 5.11. The number of carbonyl (C=O) groups is 1. The van der Waals surface area contributed by atoms with Crippen LogP contribution in [0.15, 0.2) is 18.2 Å². The fourth-order valence-corrected chi connectivity index (χ4v) is 2.19. The van der Waals surface area contributed by atoms with E-state index in [1.54, 1.807) is 4.90 Å². The first kappa shape index (κ1) is 13.7. The number of fused-ring (bicyclic) bond motifs is 1. The van der Waals surface area contributed by atoms with E-state index < -0.39 is 5.60 Å². The van der Waals surface area contributed by atoms with Crippen LogP contribution < -0.4 is 5.32 Å². The minimum absolute atomic E-state index is 0.229. The molecule has 0 fully saturated rings. The summed E-state index contributed by atoms with van der Waals surface area (Å²) in [6, 6.07) is 6.31. The molecule has 1 N–H and O–H groups in total. The molecule has 1 aromatic rings. The van der Waals surface area contributed by atoms with Crippen molar-refractivity contribution in [2.24, 2.45) is 0 Å². The summed E-state index contributed by atoms with van der Waals surface area (Å²) in [5.41, 5.74) is 3.15. The second-order valence-electron chi connectivity index (χ2n) is 5.89. The first-order valence-corrected chi connectivity index (χ1v) is 6.66. The standard InChI is InChI=1S/C15H22N2O2/c1-15(2,3)19-14(18)17-8-7-11-5-6-13(16-4)9-12(11)10-17/h5-6,9,16H,7-8,10H2,1-4H3. The van der Waals surface area contributed by atoms with Crippen LogP contribution in [0.25, 0.3) is 0 Å². The number of anilines is 1.